The van der Waals surface area contributed by atoms with Gasteiger partial charge < -0.3 is 5.11 Å². The number of fused-ring (bicyclic) bond motifs is 1. The van der Waals surface area contributed by atoms with Gasteiger partial charge >= 0.3 is 5.97 Å². The Morgan fingerprint density at radius 3 is 3.33 bits per heavy atom. The summed E-state index contributed by atoms with van der Waals surface area (Å²) in [5.74, 6) is -0.923. The zero-order chi connectivity index (χ0) is 8.55. The van der Waals surface area contributed by atoms with E-state index in [2.05, 4.69) is 10.2 Å². The minimum Gasteiger partial charge on any atom is -0.481 e. The molecule has 64 valence electrons. The highest BCUT2D eigenvalue weighted by atomic mass is 16.4. The van der Waals surface area contributed by atoms with Gasteiger partial charge in [0.25, 0.3) is 0 Å². The molecule has 0 aromatic carbocycles. The fourth-order valence-corrected chi connectivity index (χ4v) is 1.62. The molecule has 2 N–H and O–H groups in total. The largest absolute Gasteiger partial charge is 0.481 e. The van der Waals surface area contributed by atoms with Crippen molar-refractivity contribution in [3.05, 3.63) is 17.5 Å². The maximum absolute atomic E-state index is 10.7. The normalized spacial score (nSPS) is 21.8. The number of aromatic amines is 1. The first kappa shape index (κ1) is 7.34. The summed E-state index contributed by atoms with van der Waals surface area (Å²) in [4.78, 5) is 10.7. The van der Waals surface area contributed by atoms with Gasteiger partial charge in [-0.15, -0.1) is 0 Å². The lowest BCUT2D eigenvalue weighted by Gasteiger charge is -2.16. The molecule has 0 aliphatic heterocycles. The number of H-pyrrole nitrogens is 1. The maximum atomic E-state index is 10.7. The van der Waals surface area contributed by atoms with Crippen LogP contribution in [0.1, 0.15) is 17.7 Å². The summed E-state index contributed by atoms with van der Waals surface area (Å²) < 4.78 is 0. The third kappa shape index (κ3) is 1.09. The topological polar surface area (TPSA) is 66.0 Å². The van der Waals surface area contributed by atoms with Crippen molar-refractivity contribution < 1.29 is 9.90 Å². The smallest absolute Gasteiger partial charge is 0.306 e. The van der Waals surface area contributed by atoms with Crippen LogP contribution in [0.3, 0.4) is 0 Å². The van der Waals surface area contributed by atoms with Crippen LogP contribution in [0.5, 0.6) is 0 Å². The summed E-state index contributed by atoms with van der Waals surface area (Å²) in [6.45, 7) is 0. The van der Waals surface area contributed by atoms with Crippen molar-refractivity contribution in [1.82, 2.24) is 10.2 Å². The standard InChI is InChI=1S/C8H10N2O2/c11-8(12)5-1-2-6-4-9-10-7(6)3-5/h4-5H,1-3H2,(H,9,10)(H,11,12)/t5-/m1/s1. The molecule has 1 atom stereocenters. The number of aryl methyl sites for hydroxylation is 1. The van der Waals surface area contributed by atoms with E-state index in [1.165, 1.54) is 5.56 Å². The molecule has 12 heavy (non-hydrogen) atoms. The lowest BCUT2D eigenvalue weighted by atomic mass is 9.88. The number of carbonyl (C=O) groups is 1. The fraction of sp³-hybridized carbons (Fsp3) is 0.500. The Morgan fingerprint density at radius 1 is 1.75 bits per heavy atom. The summed E-state index contributed by atoms with van der Waals surface area (Å²) in [6, 6.07) is 0. The highest BCUT2D eigenvalue weighted by Crippen LogP contribution is 2.23. The summed E-state index contributed by atoms with van der Waals surface area (Å²) >= 11 is 0. The number of rotatable bonds is 1. The molecule has 0 bridgehead atoms. The average molecular weight is 166 g/mol. The minimum absolute atomic E-state index is 0.224. The van der Waals surface area contributed by atoms with Gasteiger partial charge in [0.2, 0.25) is 0 Å². The molecule has 0 amide bonds. The van der Waals surface area contributed by atoms with Gasteiger partial charge in [0.05, 0.1) is 12.1 Å². The van der Waals surface area contributed by atoms with E-state index in [0.717, 1.165) is 18.5 Å². The molecule has 0 radical (unpaired) electrons. The van der Waals surface area contributed by atoms with Gasteiger partial charge in [-0.3, -0.25) is 9.89 Å². The second-order valence-electron chi connectivity index (χ2n) is 3.15. The SMILES string of the molecule is O=C(O)[C@@H]1CCc2cn[nH]c2C1. The zero-order valence-corrected chi connectivity index (χ0v) is 6.58. The molecule has 0 saturated heterocycles. The van der Waals surface area contributed by atoms with Crippen LogP contribution < -0.4 is 0 Å². The lowest BCUT2D eigenvalue weighted by molar-refractivity contribution is -0.142. The van der Waals surface area contributed by atoms with Crippen LogP contribution in [-0.2, 0) is 17.6 Å². The van der Waals surface area contributed by atoms with Gasteiger partial charge in [-0.05, 0) is 18.4 Å². The molecule has 4 heteroatoms. The number of carboxylic acids is 1. The number of hydrogen-bond donors (Lipinski definition) is 2. The summed E-state index contributed by atoms with van der Waals surface area (Å²) in [7, 11) is 0. The van der Waals surface area contributed by atoms with Crippen LogP contribution in [0.25, 0.3) is 0 Å². The number of carboxylic acid groups (broad SMARTS) is 1. The van der Waals surface area contributed by atoms with Crippen molar-refractivity contribution in [1.29, 1.82) is 0 Å². The van der Waals surface area contributed by atoms with Crippen LogP contribution in [0.4, 0.5) is 0 Å². The van der Waals surface area contributed by atoms with E-state index >= 15 is 0 Å². The Hall–Kier alpha value is -1.32. The number of aliphatic carboxylic acids is 1. The summed E-state index contributed by atoms with van der Waals surface area (Å²) in [5.41, 5.74) is 2.17. The second-order valence-corrected chi connectivity index (χ2v) is 3.15. The van der Waals surface area contributed by atoms with Crippen molar-refractivity contribution in [3.8, 4) is 0 Å². The Morgan fingerprint density at radius 2 is 2.58 bits per heavy atom. The van der Waals surface area contributed by atoms with Gasteiger partial charge in [0, 0.05) is 12.1 Å². The summed E-state index contributed by atoms with van der Waals surface area (Å²) in [6.07, 6.45) is 3.96. The predicted octanol–water partition coefficient (Wildman–Crippen LogP) is 0.599. The molecule has 1 aliphatic carbocycles. The van der Waals surface area contributed by atoms with E-state index in [0.29, 0.717) is 6.42 Å². The first-order valence-corrected chi connectivity index (χ1v) is 4.01. The van der Waals surface area contributed by atoms with Gasteiger partial charge in [-0.2, -0.15) is 5.10 Å². The van der Waals surface area contributed by atoms with Crippen LogP contribution in [0, 0.1) is 5.92 Å². The molecule has 4 nitrogen and oxygen atoms in total. The van der Waals surface area contributed by atoms with E-state index in [-0.39, 0.29) is 5.92 Å². The number of nitrogens with one attached hydrogen (secondary N) is 1. The van der Waals surface area contributed by atoms with E-state index < -0.39 is 5.97 Å². The van der Waals surface area contributed by atoms with Crippen molar-refractivity contribution in [2.75, 3.05) is 0 Å². The molecule has 1 aromatic heterocycles. The monoisotopic (exact) mass is 166 g/mol. The highest BCUT2D eigenvalue weighted by Gasteiger charge is 2.24. The minimum atomic E-state index is -0.699. The van der Waals surface area contributed by atoms with Gasteiger partial charge in [0.1, 0.15) is 0 Å². The molecule has 0 fully saturated rings. The highest BCUT2D eigenvalue weighted by molar-refractivity contribution is 5.70. The summed E-state index contributed by atoms with van der Waals surface area (Å²) in [5, 5.41) is 15.5. The van der Waals surface area contributed by atoms with E-state index in [4.69, 9.17) is 5.11 Å². The predicted molar refractivity (Wildman–Crippen MR) is 41.7 cm³/mol. The van der Waals surface area contributed by atoms with Crippen LogP contribution >= 0.6 is 0 Å². The Kier molecular flexibility index (Phi) is 1.60. The van der Waals surface area contributed by atoms with Crippen LogP contribution in [0.15, 0.2) is 6.20 Å². The van der Waals surface area contributed by atoms with Gasteiger partial charge in [-0.1, -0.05) is 0 Å². The number of hydrogen-bond acceptors (Lipinski definition) is 2. The third-order valence-corrected chi connectivity index (χ3v) is 2.37. The molecule has 2 rings (SSSR count). The molecule has 1 heterocycles. The fourth-order valence-electron chi connectivity index (χ4n) is 1.62. The average Bonchev–Trinajstić information content (AvgIpc) is 2.49. The molecule has 0 unspecified atom stereocenters. The van der Waals surface area contributed by atoms with Gasteiger partial charge in [-0.25, -0.2) is 0 Å². The number of aromatic nitrogens is 2. The third-order valence-electron chi connectivity index (χ3n) is 2.37. The van der Waals surface area contributed by atoms with Crippen molar-refractivity contribution in [2.24, 2.45) is 5.92 Å². The molecule has 0 saturated carbocycles. The molecule has 1 aliphatic rings. The maximum Gasteiger partial charge on any atom is 0.306 e. The first-order valence-electron chi connectivity index (χ1n) is 4.01. The van der Waals surface area contributed by atoms with Crippen molar-refractivity contribution >= 4 is 5.97 Å². The molecule has 1 aromatic rings. The first-order chi connectivity index (χ1) is 5.77. The van der Waals surface area contributed by atoms with Crippen molar-refractivity contribution in [2.45, 2.75) is 19.3 Å². The van der Waals surface area contributed by atoms with Gasteiger partial charge in [0.15, 0.2) is 0 Å². The number of nitrogens with zero attached hydrogens (tertiary/aromatic N) is 1. The van der Waals surface area contributed by atoms with Crippen molar-refractivity contribution in [3.63, 3.8) is 0 Å². The van der Waals surface area contributed by atoms with E-state index in [1.807, 2.05) is 0 Å². The Balaban J connectivity index is 2.20. The lowest BCUT2D eigenvalue weighted by Crippen LogP contribution is -2.21. The Labute approximate surface area is 69.6 Å². The molecular formula is C8H10N2O2. The Bertz CT molecular complexity index is 306. The molecular weight excluding hydrogens is 156 g/mol. The van der Waals surface area contributed by atoms with E-state index in [1.54, 1.807) is 6.20 Å². The van der Waals surface area contributed by atoms with E-state index in [9.17, 15) is 4.79 Å². The van der Waals surface area contributed by atoms with Crippen LogP contribution in [-0.4, -0.2) is 21.3 Å². The zero-order valence-electron chi connectivity index (χ0n) is 6.58. The van der Waals surface area contributed by atoms with Crippen LogP contribution in [0.2, 0.25) is 0 Å². The second kappa shape index (κ2) is 2.62. The molecule has 0 spiro atoms. The quantitative estimate of drug-likeness (QED) is 0.642.